The molecule has 0 aromatic heterocycles. The molecule has 0 aliphatic rings. The van der Waals surface area contributed by atoms with Crippen LogP contribution in [0.3, 0.4) is 0 Å². The molecule has 0 saturated heterocycles. The van der Waals surface area contributed by atoms with Crippen molar-refractivity contribution in [2.45, 2.75) is 0 Å². The van der Waals surface area contributed by atoms with Crippen molar-refractivity contribution in [1.29, 1.82) is 10.5 Å². The molecule has 0 amide bonds. The Bertz CT molecular complexity index is 651. The quantitative estimate of drug-likeness (QED) is 0.817. The van der Waals surface area contributed by atoms with Gasteiger partial charge in [0.15, 0.2) is 0 Å². The largest absolute Gasteiger partial charge is 0.456 e. The predicted octanol–water partition coefficient (Wildman–Crippen LogP) is 3.88. The fourth-order valence-corrected chi connectivity index (χ4v) is 1.61. The summed E-state index contributed by atoms with van der Waals surface area (Å²) < 4.78 is 5.56. The summed E-state index contributed by atoms with van der Waals surface area (Å²) in [5, 5.41) is 17.8. The van der Waals surface area contributed by atoms with Gasteiger partial charge in [0.2, 0.25) is 0 Å². The highest BCUT2D eigenvalue weighted by molar-refractivity contribution is 6.33. The third-order valence-corrected chi connectivity index (χ3v) is 2.68. The first kappa shape index (κ1) is 12.0. The molecule has 0 aliphatic heterocycles. The van der Waals surface area contributed by atoms with Gasteiger partial charge in [-0.3, -0.25) is 0 Å². The van der Waals surface area contributed by atoms with Gasteiger partial charge in [-0.1, -0.05) is 17.7 Å². The molecule has 86 valence electrons. The van der Waals surface area contributed by atoms with E-state index in [1.807, 2.05) is 12.1 Å². The molecule has 0 heterocycles. The summed E-state index contributed by atoms with van der Waals surface area (Å²) in [5.74, 6) is 0.978. The second-order valence-corrected chi connectivity index (χ2v) is 3.85. The first-order chi connectivity index (χ1) is 8.74. The van der Waals surface area contributed by atoms with Crippen LogP contribution < -0.4 is 4.74 Å². The molecular formula is C14H7ClN2O. The lowest BCUT2D eigenvalue weighted by atomic mass is 10.2. The molecule has 2 aromatic rings. The zero-order chi connectivity index (χ0) is 13.0. The van der Waals surface area contributed by atoms with E-state index in [-0.39, 0.29) is 5.02 Å². The van der Waals surface area contributed by atoms with Crippen LogP contribution in [0.5, 0.6) is 11.5 Å². The summed E-state index contributed by atoms with van der Waals surface area (Å²) in [6, 6.07) is 15.7. The van der Waals surface area contributed by atoms with Crippen LogP contribution in [-0.4, -0.2) is 0 Å². The second-order valence-electron chi connectivity index (χ2n) is 3.47. The van der Waals surface area contributed by atoms with Gasteiger partial charge in [-0.15, -0.1) is 0 Å². The van der Waals surface area contributed by atoms with Crippen LogP contribution in [0.2, 0.25) is 5.02 Å². The highest BCUT2D eigenvalue weighted by Crippen LogP contribution is 2.31. The predicted molar refractivity (Wildman–Crippen MR) is 67.4 cm³/mol. The van der Waals surface area contributed by atoms with Crippen molar-refractivity contribution in [2.75, 3.05) is 0 Å². The zero-order valence-corrected chi connectivity index (χ0v) is 9.98. The molecule has 0 bridgehead atoms. The average molecular weight is 255 g/mol. The van der Waals surface area contributed by atoms with Gasteiger partial charge in [-0.25, -0.2) is 0 Å². The van der Waals surface area contributed by atoms with Crippen molar-refractivity contribution in [3.63, 3.8) is 0 Å². The third-order valence-electron chi connectivity index (χ3n) is 2.29. The summed E-state index contributed by atoms with van der Waals surface area (Å²) in [7, 11) is 0. The molecule has 4 heteroatoms. The molecule has 0 spiro atoms. The molecule has 0 fully saturated rings. The van der Waals surface area contributed by atoms with Crippen molar-refractivity contribution in [2.24, 2.45) is 0 Å². The maximum Gasteiger partial charge on any atom is 0.147 e. The molecule has 0 atom stereocenters. The third kappa shape index (κ3) is 2.43. The van der Waals surface area contributed by atoms with Crippen LogP contribution in [0.15, 0.2) is 42.5 Å². The van der Waals surface area contributed by atoms with Crippen molar-refractivity contribution in [3.05, 3.63) is 58.6 Å². The summed E-state index contributed by atoms with van der Waals surface area (Å²) in [4.78, 5) is 0. The topological polar surface area (TPSA) is 56.8 Å². The van der Waals surface area contributed by atoms with Crippen LogP contribution in [-0.2, 0) is 0 Å². The standard InChI is InChI=1S/C14H7ClN2O/c15-14-11(9-17)2-1-3-13(14)18-12-6-4-10(8-16)5-7-12/h1-7H. The molecule has 0 radical (unpaired) electrons. The van der Waals surface area contributed by atoms with Gasteiger partial charge in [-0.2, -0.15) is 10.5 Å². The van der Waals surface area contributed by atoms with Crippen molar-refractivity contribution in [1.82, 2.24) is 0 Å². The second kappa shape index (κ2) is 5.23. The number of hydrogen-bond acceptors (Lipinski definition) is 3. The van der Waals surface area contributed by atoms with Gasteiger partial charge in [0, 0.05) is 0 Å². The van der Waals surface area contributed by atoms with Crippen LogP contribution in [0.25, 0.3) is 0 Å². The van der Waals surface area contributed by atoms with Gasteiger partial charge in [0.25, 0.3) is 0 Å². The highest BCUT2D eigenvalue weighted by atomic mass is 35.5. The minimum absolute atomic E-state index is 0.282. The fourth-order valence-electron chi connectivity index (χ4n) is 1.40. The van der Waals surface area contributed by atoms with Crippen molar-refractivity contribution >= 4 is 11.6 Å². The average Bonchev–Trinajstić information content (AvgIpc) is 2.42. The molecule has 18 heavy (non-hydrogen) atoms. The summed E-state index contributed by atoms with van der Waals surface area (Å²) in [6.45, 7) is 0. The van der Waals surface area contributed by atoms with Gasteiger partial charge in [0.05, 0.1) is 17.2 Å². The summed E-state index contributed by atoms with van der Waals surface area (Å²) in [6.07, 6.45) is 0. The molecule has 0 aliphatic carbocycles. The lowest BCUT2D eigenvalue weighted by Gasteiger charge is -2.08. The van der Waals surface area contributed by atoms with Crippen molar-refractivity contribution < 1.29 is 4.74 Å². The van der Waals surface area contributed by atoms with Crippen LogP contribution >= 0.6 is 11.6 Å². The maximum absolute atomic E-state index is 8.85. The van der Waals surface area contributed by atoms with Crippen LogP contribution in [0, 0.1) is 22.7 Å². The molecule has 2 rings (SSSR count). The molecular weight excluding hydrogens is 248 g/mol. The normalized spacial score (nSPS) is 9.28. The number of nitriles is 2. The van der Waals surface area contributed by atoms with E-state index in [9.17, 15) is 0 Å². The molecule has 0 unspecified atom stereocenters. The van der Waals surface area contributed by atoms with Gasteiger partial charge < -0.3 is 4.74 Å². The van der Waals surface area contributed by atoms with Crippen LogP contribution in [0.4, 0.5) is 0 Å². The first-order valence-corrected chi connectivity index (χ1v) is 5.49. The zero-order valence-electron chi connectivity index (χ0n) is 9.22. The highest BCUT2D eigenvalue weighted by Gasteiger charge is 2.07. The SMILES string of the molecule is N#Cc1ccc(Oc2cccc(C#N)c2Cl)cc1. The van der Waals surface area contributed by atoms with Gasteiger partial charge in [-0.05, 0) is 36.4 Å². The number of halogens is 1. The monoisotopic (exact) mass is 254 g/mol. The molecule has 3 nitrogen and oxygen atoms in total. The maximum atomic E-state index is 8.85. The summed E-state index contributed by atoms with van der Waals surface area (Å²) in [5.41, 5.74) is 0.919. The van der Waals surface area contributed by atoms with Gasteiger partial charge >= 0.3 is 0 Å². The Balaban J connectivity index is 2.29. The van der Waals surface area contributed by atoms with Gasteiger partial charge in [0.1, 0.15) is 22.6 Å². The molecule has 2 aromatic carbocycles. The summed E-state index contributed by atoms with van der Waals surface area (Å²) >= 11 is 6.02. The Morgan fingerprint density at radius 3 is 2.28 bits per heavy atom. The van der Waals surface area contributed by atoms with E-state index < -0.39 is 0 Å². The Labute approximate surface area is 109 Å². The number of nitrogens with zero attached hydrogens (tertiary/aromatic N) is 2. The molecule has 0 saturated carbocycles. The number of ether oxygens (including phenoxy) is 1. The molecule has 0 N–H and O–H groups in total. The minimum Gasteiger partial charge on any atom is -0.456 e. The number of benzene rings is 2. The van der Waals surface area contributed by atoms with Crippen LogP contribution in [0.1, 0.15) is 11.1 Å². The van der Waals surface area contributed by atoms with E-state index >= 15 is 0 Å². The number of rotatable bonds is 2. The van der Waals surface area contributed by atoms with E-state index in [1.165, 1.54) is 0 Å². The fraction of sp³-hybridized carbons (Fsp3) is 0. The smallest absolute Gasteiger partial charge is 0.147 e. The van der Waals surface area contributed by atoms with E-state index in [4.69, 9.17) is 26.9 Å². The Kier molecular flexibility index (Phi) is 3.48. The van der Waals surface area contributed by atoms with E-state index in [1.54, 1.807) is 42.5 Å². The lowest BCUT2D eigenvalue weighted by molar-refractivity contribution is 0.482. The Morgan fingerprint density at radius 2 is 1.67 bits per heavy atom. The Morgan fingerprint density at radius 1 is 0.944 bits per heavy atom. The number of hydrogen-bond donors (Lipinski definition) is 0. The lowest BCUT2D eigenvalue weighted by Crippen LogP contribution is -1.87. The first-order valence-electron chi connectivity index (χ1n) is 5.11. The minimum atomic E-state index is 0.282. The van der Waals surface area contributed by atoms with E-state index in [0.717, 1.165) is 0 Å². The Hall–Kier alpha value is -2.49. The van der Waals surface area contributed by atoms with E-state index in [0.29, 0.717) is 22.6 Å². The van der Waals surface area contributed by atoms with E-state index in [2.05, 4.69) is 0 Å². The van der Waals surface area contributed by atoms with Crippen molar-refractivity contribution in [3.8, 4) is 23.6 Å².